The van der Waals surface area contributed by atoms with Crippen molar-refractivity contribution >= 4 is 18.9 Å². The SMILES string of the molecule is CC1(C)OB(c2ccc3c(c2)Cc2cc(C=O)ccc2-3)OC1(C)C. The summed E-state index contributed by atoms with van der Waals surface area (Å²) in [5.41, 5.74) is 6.04. The van der Waals surface area contributed by atoms with E-state index in [4.69, 9.17) is 9.31 Å². The lowest BCUT2D eigenvalue weighted by Crippen LogP contribution is -2.41. The topological polar surface area (TPSA) is 35.5 Å². The highest BCUT2D eigenvalue weighted by molar-refractivity contribution is 6.62. The molecule has 1 fully saturated rings. The van der Waals surface area contributed by atoms with Crippen LogP contribution < -0.4 is 5.46 Å². The highest BCUT2D eigenvalue weighted by Crippen LogP contribution is 2.39. The summed E-state index contributed by atoms with van der Waals surface area (Å²) in [4.78, 5) is 11.0. The number of hydrogen-bond acceptors (Lipinski definition) is 3. The fourth-order valence-corrected chi connectivity index (χ4v) is 3.45. The van der Waals surface area contributed by atoms with Gasteiger partial charge in [0.25, 0.3) is 0 Å². The minimum absolute atomic E-state index is 0.335. The molecule has 0 aromatic heterocycles. The molecule has 0 amide bonds. The Hall–Kier alpha value is -1.91. The third kappa shape index (κ3) is 2.25. The maximum Gasteiger partial charge on any atom is 0.494 e. The normalized spacial score (nSPS) is 19.9. The van der Waals surface area contributed by atoms with Gasteiger partial charge in [-0.25, -0.2) is 0 Å². The Kier molecular flexibility index (Phi) is 3.28. The second kappa shape index (κ2) is 5.04. The van der Waals surface area contributed by atoms with Gasteiger partial charge in [-0.05, 0) is 67.9 Å². The fourth-order valence-electron chi connectivity index (χ4n) is 3.45. The van der Waals surface area contributed by atoms with Crippen LogP contribution in [0.5, 0.6) is 0 Å². The van der Waals surface area contributed by atoms with Crippen molar-refractivity contribution in [1.82, 2.24) is 0 Å². The molecule has 3 nitrogen and oxygen atoms in total. The molecule has 24 heavy (non-hydrogen) atoms. The molecular weight excluding hydrogens is 299 g/mol. The van der Waals surface area contributed by atoms with E-state index in [1.54, 1.807) is 0 Å². The van der Waals surface area contributed by atoms with Crippen LogP contribution in [0.1, 0.15) is 49.2 Å². The highest BCUT2D eigenvalue weighted by Gasteiger charge is 2.51. The molecule has 0 spiro atoms. The Morgan fingerprint density at radius 3 is 2.12 bits per heavy atom. The summed E-state index contributed by atoms with van der Waals surface area (Å²) < 4.78 is 12.3. The van der Waals surface area contributed by atoms with Crippen molar-refractivity contribution in [2.24, 2.45) is 0 Å². The van der Waals surface area contributed by atoms with Gasteiger partial charge in [0.15, 0.2) is 0 Å². The van der Waals surface area contributed by atoms with Crippen molar-refractivity contribution in [2.75, 3.05) is 0 Å². The standard InChI is InChI=1S/C20H21BO3/c1-19(2)20(3,4)24-21(23-19)16-6-8-18-15(11-16)10-14-9-13(12-22)5-7-17(14)18/h5-9,11-12H,10H2,1-4H3. The van der Waals surface area contributed by atoms with E-state index in [0.717, 1.165) is 23.7 Å². The number of carbonyl (C=O) groups excluding carboxylic acids is 1. The van der Waals surface area contributed by atoms with Crippen LogP contribution in [-0.4, -0.2) is 24.6 Å². The molecule has 2 aromatic carbocycles. The molecule has 0 bridgehead atoms. The minimum atomic E-state index is -0.338. The second-order valence-electron chi connectivity index (χ2n) is 7.72. The van der Waals surface area contributed by atoms with Gasteiger partial charge in [0, 0.05) is 5.56 Å². The minimum Gasteiger partial charge on any atom is -0.399 e. The third-order valence-electron chi connectivity index (χ3n) is 5.59. The Morgan fingerprint density at radius 1 is 0.917 bits per heavy atom. The maximum absolute atomic E-state index is 11.0. The van der Waals surface area contributed by atoms with Crippen molar-refractivity contribution in [2.45, 2.75) is 45.3 Å². The smallest absolute Gasteiger partial charge is 0.399 e. The summed E-state index contributed by atoms with van der Waals surface area (Å²) >= 11 is 0. The zero-order valence-corrected chi connectivity index (χ0v) is 14.6. The molecule has 4 heteroatoms. The van der Waals surface area contributed by atoms with Crippen LogP contribution >= 0.6 is 0 Å². The van der Waals surface area contributed by atoms with Crippen molar-refractivity contribution in [3.8, 4) is 11.1 Å². The molecule has 1 aliphatic carbocycles. The Labute approximate surface area is 143 Å². The van der Waals surface area contributed by atoms with E-state index in [2.05, 4.69) is 45.9 Å². The van der Waals surface area contributed by atoms with Gasteiger partial charge in [-0.1, -0.05) is 30.3 Å². The van der Waals surface area contributed by atoms with Gasteiger partial charge in [0.2, 0.25) is 0 Å². The molecule has 2 aromatic rings. The average Bonchev–Trinajstić information content (AvgIpc) is 2.99. The summed E-state index contributed by atoms with van der Waals surface area (Å²) in [6, 6.07) is 12.3. The number of aldehydes is 1. The number of hydrogen-bond donors (Lipinski definition) is 0. The molecule has 0 unspecified atom stereocenters. The highest BCUT2D eigenvalue weighted by atomic mass is 16.7. The van der Waals surface area contributed by atoms with Gasteiger partial charge in [-0.15, -0.1) is 0 Å². The molecule has 4 rings (SSSR count). The molecule has 1 aliphatic heterocycles. The summed E-state index contributed by atoms with van der Waals surface area (Å²) in [5.74, 6) is 0. The third-order valence-corrected chi connectivity index (χ3v) is 5.59. The van der Waals surface area contributed by atoms with Gasteiger partial charge >= 0.3 is 7.12 Å². The molecule has 122 valence electrons. The van der Waals surface area contributed by atoms with Crippen molar-refractivity contribution in [1.29, 1.82) is 0 Å². The van der Waals surface area contributed by atoms with Crippen LogP contribution in [-0.2, 0) is 15.7 Å². The first kappa shape index (κ1) is 15.6. The van der Waals surface area contributed by atoms with Crippen LogP contribution in [0.15, 0.2) is 36.4 Å². The van der Waals surface area contributed by atoms with Crippen molar-refractivity contribution < 1.29 is 14.1 Å². The first-order valence-electron chi connectivity index (χ1n) is 8.38. The van der Waals surface area contributed by atoms with Crippen LogP contribution in [0.2, 0.25) is 0 Å². The van der Waals surface area contributed by atoms with Gasteiger partial charge < -0.3 is 9.31 Å². The van der Waals surface area contributed by atoms with Gasteiger partial charge in [0.1, 0.15) is 6.29 Å². The number of rotatable bonds is 2. The maximum atomic E-state index is 11.0. The van der Waals surface area contributed by atoms with Gasteiger partial charge in [-0.3, -0.25) is 4.79 Å². The first-order valence-corrected chi connectivity index (χ1v) is 8.38. The zero-order chi connectivity index (χ0) is 17.1. The molecule has 0 radical (unpaired) electrons. The fraction of sp³-hybridized carbons (Fsp3) is 0.350. The summed E-state index contributed by atoms with van der Waals surface area (Å²) in [7, 11) is -0.338. The average molecular weight is 320 g/mol. The van der Waals surface area contributed by atoms with Crippen molar-refractivity contribution in [3.63, 3.8) is 0 Å². The number of fused-ring (bicyclic) bond motifs is 3. The Morgan fingerprint density at radius 2 is 1.50 bits per heavy atom. The van der Waals surface area contributed by atoms with E-state index >= 15 is 0 Å². The van der Waals surface area contributed by atoms with E-state index in [1.807, 2.05) is 18.2 Å². The lowest BCUT2D eigenvalue weighted by Gasteiger charge is -2.32. The predicted octanol–water partition coefficient (Wildman–Crippen LogP) is 3.37. The quantitative estimate of drug-likeness (QED) is 0.536. The molecule has 0 atom stereocenters. The molecule has 1 saturated heterocycles. The van der Waals surface area contributed by atoms with E-state index in [1.165, 1.54) is 22.3 Å². The molecule has 2 aliphatic rings. The van der Waals surface area contributed by atoms with E-state index in [-0.39, 0.29) is 18.3 Å². The number of benzene rings is 2. The molecule has 0 saturated carbocycles. The zero-order valence-electron chi connectivity index (χ0n) is 14.6. The van der Waals surface area contributed by atoms with Gasteiger partial charge in [-0.2, -0.15) is 0 Å². The predicted molar refractivity (Wildman–Crippen MR) is 95.8 cm³/mol. The summed E-state index contributed by atoms with van der Waals surface area (Å²) in [6.45, 7) is 8.27. The second-order valence-corrected chi connectivity index (χ2v) is 7.72. The van der Waals surface area contributed by atoms with E-state index in [9.17, 15) is 4.79 Å². The lowest BCUT2D eigenvalue weighted by atomic mass is 9.78. The first-order chi connectivity index (χ1) is 11.3. The largest absolute Gasteiger partial charge is 0.494 e. The summed E-state index contributed by atoms with van der Waals surface area (Å²) in [6.07, 6.45) is 1.75. The van der Waals surface area contributed by atoms with Gasteiger partial charge in [0.05, 0.1) is 11.2 Å². The summed E-state index contributed by atoms with van der Waals surface area (Å²) in [5, 5.41) is 0. The van der Waals surface area contributed by atoms with Crippen LogP contribution in [0.3, 0.4) is 0 Å². The Balaban J connectivity index is 1.68. The molecule has 0 N–H and O–H groups in total. The molecule has 1 heterocycles. The number of carbonyl (C=O) groups is 1. The van der Waals surface area contributed by atoms with E-state index < -0.39 is 0 Å². The van der Waals surface area contributed by atoms with Crippen LogP contribution in [0.4, 0.5) is 0 Å². The van der Waals surface area contributed by atoms with Crippen molar-refractivity contribution in [3.05, 3.63) is 53.1 Å². The van der Waals surface area contributed by atoms with Crippen LogP contribution in [0.25, 0.3) is 11.1 Å². The monoisotopic (exact) mass is 320 g/mol. The molecular formula is C20H21BO3. The Bertz CT molecular complexity index is 823. The lowest BCUT2D eigenvalue weighted by molar-refractivity contribution is 0.00578. The van der Waals surface area contributed by atoms with E-state index in [0.29, 0.717) is 0 Å². The van der Waals surface area contributed by atoms with Crippen LogP contribution in [0, 0.1) is 0 Å².